The zero-order valence-electron chi connectivity index (χ0n) is 13.8. The number of carbonyl (C=O) groups excluding carboxylic acids is 1. The summed E-state index contributed by atoms with van der Waals surface area (Å²) in [4.78, 5) is 15.5. The number of ether oxygens (including phenoxy) is 1. The second kappa shape index (κ2) is 8.62. The first kappa shape index (κ1) is 19.5. The molecule has 0 heterocycles. The molecule has 0 saturated carbocycles. The number of aromatic hydroxyl groups is 1. The maximum Gasteiger partial charge on any atom is 0.346 e. The standard InChI is InChI=1S/C20H14I2O3S/c1-25-20(24)17-18(23)15(21)12-16(22)19(17)26(13-8-4-2-5-9-13)14-10-6-3-7-11-14/h2-12H,1H3/p+1. The van der Waals surface area contributed by atoms with Gasteiger partial charge in [0.15, 0.2) is 20.2 Å². The van der Waals surface area contributed by atoms with Crippen molar-refractivity contribution in [3.05, 3.63) is 79.4 Å². The van der Waals surface area contributed by atoms with Crippen LogP contribution in [0.25, 0.3) is 0 Å². The smallest absolute Gasteiger partial charge is 0.346 e. The Labute approximate surface area is 182 Å². The highest BCUT2D eigenvalue weighted by atomic mass is 127. The molecule has 0 aromatic heterocycles. The van der Waals surface area contributed by atoms with Gasteiger partial charge in [-0.15, -0.1) is 0 Å². The van der Waals surface area contributed by atoms with E-state index in [0.29, 0.717) is 3.57 Å². The number of phenols is 1. The van der Waals surface area contributed by atoms with Gasteiger partial charge >= 0.3 is 5.97 Å². The molecule has 3 nitrogen and oxygen atoms in total. The highest BCUT2D eigenvalue weighted by Crippen LogP contribution is 2.41. The third kappa shape index (κ3) is 3.86. The van der Waals surface area contributed by atoms with Crippen LogP contribution in [0.15, 0.2) is 81.4 Å². The summed E-state index contributed by atoms with van der Waals surface area (Å²) < 4.78 is 6.53. The van der Waals surface area contributed by atoms with Crippen molar-refractivity contribution in [1.82, 2.24) is 0 Å². The van der Waals surface area contributed by atoms with Gasteiger partial charge in [0.25, 0.3) is 0 Å². The van der Waals surface area contributed by atoms with E-state index in [-0.39, 0.29) is 11.3 Å². The van der Waals surface area contributed by atoms with E-state index in [2.05, 4.69) is 22.6 Å². The average molecular weight is 589 g/mol. The first-order valence-corrected chi connectivity index (χ1v) is 11.1. The molecule has 0 atom stereocenters. The van der Waals surface area contributed by atoms with E-state index in [0.717, 1.165) is 18.3 Å². The molecule has 1 N–H and O–H groups in total. The maximum absolute atomic E-state index is 12.5. The van der Waals surface area contributed by atoms with Crippen LogP contribution in [0.4, 0.5) is 0 Å². The van der Waals surface area contributed by atoms with E-state index in [1.807, 2.05) is 89.3 Å². The molecule has 0 radical (unpaired) electrons. The van der Waals surface area contributed by atoms with E-state index in [9.17, 15) is 9.90 Å². The highest BCUT2D eigenvalue weighted by molar-refractivity contribution is 14.1. The van der Waals surface area contributed by atoms with E-state index in [1.165, 1.54) is 7.11 Å². The lowest BCUT2D eigenvalue weighted by Gasteiger charge is -2.14. The first-order chi connectivity index (χ1) is 12.5. The molecule has 3 rings (SSSR count). The molecule has 132 valence electrons. The minimum atomic E-state index is -0.550. The maximum atomic E-state index is 12.5. The van der Waals surface area contributed by atoms with Gasteiger partial charge in [-0.1, -0.05) is 36.4 Å². The highest BCUT2D eigenvalue weighted by Gasteiger charge is 2.38. The van der Waals surface area contributed by atoms with Crippen LogP contribution in [-0.2, 0) is 15.6 Å². The van der Waals surface area contributed by atoms with Crippen molar-refractivity contribution >= 4 is 62.0 Å². The average Bonchev–Trinajstić information content (AvgIpc) is 2.67. The summed E-state index contributed by atoms with van der Waals surface area (Å²) in [5.41, 5.74) is 0.236. The Kier molecular flexibility index (Phi) is 6.46. The molecule has 0 spiro atoms. The second-order valence-electron chi connectivity index (χ2n) is 5.32. The fourth-order valence-corrected chi connectivity index (χ4v) is 7.23. The lowest BCUT2D eigenvalue weighted by molar-refractivity contribution is 0.0593. The Hall–Kier alpha value is -1.26. The molecule has 6 heteroatoms. The second-order valence-corrected chi connectivity index (χ2v) is 9.60. The van der Waals surface area contributed by atoms with Gasteiger partial charge in [-0.2, -0.15) is 0 Å². The lowest BCUT2D eigenvalue weighted by atomic mass is 10.2. The Morgan fingerprint density at radius 3 is 1.88 bits per heavy atom. The minimum absolute atomic E-state index is 0.0303. The molecule has 26 heavy (non-hydrogen) atoms. The molecule has 3 aromatic carbocycles. The van der Waals surface area contributed by atoms with Crippen molar-refractivity contribution in [2.45, 2.75) is 14.7 Å². The van der Waals surface area contributed by atoms with Gasteiger partial charge in [0.1, 0.15) is 16.6 Å². The van der Waals surface area contributed by atoms with Crippen molar-refractivity contribution in [3.63, 3.8) is 0 Å². The van der Waals surface area contributed by atoms with Gasteiger partial charge in [0.05, 0.1) is 14.3 Å². The summed E-state index contributed by atoms with van der Waals surface area (Å²) in [6.07, 6.45) is 0. The van der Waals surface area contributed by atoms with Crippen molar-refractivity contribution in [2.75, 3.05) is 7.11 Å². The number of rotatable bonds is 4. The SMILES string of the molecule is COC(=O)c1c(O)c(I)cc(I)c1[S+](c1ccccc1)c1ccccc1. The predicted molar refractivity (Wildman–Crippen MR) is 120 cm³/mol. The van der Waals surface area contributed by atoms with E-state index >= 15 is 0 Å². The number of hydrogen-bond acceptors (Lipinski definition) is 3. The fraction of sp³-hybridized carbons (Fsp3) is 0.0500. The van der Waals surface area contributed by atoms with E-state index < -0.39 is 16.9 Å². The normalized spacial score (nSPS) is 10.8. The van der Waals surface area contributed by atoms with E-state index in [1.54, 1.807) is 0 Å². The van der Waals surface area contributed by atoms with Crippen LogP contribution in [0.5, 0.6) is 5.75 Å². The first-order valence-electron chi connectivity index (χ1n) is 7.68. The van der Waals surface area contributed by atoms with Crippen LogP contribution in [0, 0.1) is 7.14 Å². The Balaban J connectivity index is 2.36. The van der Waals surface area contributed by atoms with Crippen molar-refractivity contribution in [3.8, 4) is 5.75 Å². The quantitative estimate of drug-likeness (QED) is 0.249. The van der Waals surface area contributed by atoms with Gasteiger partial charge in [-0.05, 0) is 75.5 Å². The number of hydrogen-bond donors (Lipinski definition) is 1. The van der Waals surface area contributed by atoms with Crippen LogP contribution in [0.1, 0.15) is 10.4 Å². The Morgan fingerprint density at radius 1 is 0.923 bits per heavy atom. The van der Waals surface area contributed by atoms with Gasteiger partial charge in [0, 0.05) is 0 Å². The lowest BCUT2D eigenvalue weighted by Crippen LogP contribution is -2.15. The Bertz CT molecular complexity index is 891. The van der Waals surface area contributed by atoms with Gasteiger partial charge in [0.2, 0.25) is 0 Å². The molecule has 0 saturated heterocycles. The van der Waals surface area contributed by atoms with Crippen LogP contribution >= 0.6 is 45.2 Å². The zero-order chi connectivity index (χ0) is 18.7. The number of halogens is 2. The zero-order valence-corrected chi connectivity index (χ0v) is 18.9. The van der Waals surface area contributed by atoms with Gasteiger partial charge in [-0.25, -0.2) is 4.79 Å². The number of esters is 1. The largest absolute Gasteiger partial charge is 0.506 e. The van der Waals surface area contributed by atoms with Gasteiger partial charge in [-0.3, -0.25) is 0 Å². The molecule has 0 amide bonds. The van der Waals surface area contributed by atoms with Crippen LogP contribution < -0.4 is 0 Å². The number of methoxy groups -OCH3 is 1. The molecule has 0 fully saturated rings. The Morgan fingerprint density at radius 2 is 1.42 bits per heavy atom. The van der Waals surface area contributed by atoms with Gasteiger partial charge < -0.3 is 9.84 Å². The van der Waals surface area contributed by atoms with Crippen molar-refractivity contribution in [2.24, 2.45) is 0 Å². The third-order valence-electron chi connectivity index (χ3n) is 3.71. The number of benzene rings is 3. The fourth-order valence-electron chi connectivity index (χ4n) is 2.57. The minimum Gasteiger partial charge on any atom is -0.506 e. The molecule has 0 aliphatic rings. The topological polar surface area (TPSA) is 46.5 Å². The molecule has 0 aliphatic heterocycles. The monoisotopic (exact) mass is 589 g/mol. The van der Waals surface area contributed by atoms with Crippen molar-refractivity contribution in [1.29, 1.82) is 0 Å². The molecule has 3 aromatic rings. The molecule has 0 unspecified atom stereocenters. The summed E-state index contributed by atoms with van der Waals surface area (Å²) in [6, 6.07) is 21.9. The predicted octanol–water partition coefficient (Wildman–Crippen LogP) is 5.48. The van der Waals surface area contributed by atoms with Crippen LogP contribution in [0.3, 0.4) is 0 Å². The summed E-state index contributed by atoms with van der Waals surface area (Å²) in [7, 11) is 0.785. The third-order valence-corrected chi connectivity index (χ3v) is 8.07. The van der Waals surface area contributed by atoms with Crippen molar-refractivity contribution < 1.29 is 14.6 Å². The van der Waals surface area contributed by atoms with Crippen LogP contribution in [-0.4, -0.2) is 18.2 Å². The molecule has 0 bridgehead atoms. The van der Waals surface area contributed by atoms with Crippen LogP contribution in [0.2, 0.25) is 0 Å². The molecular weight excluding hydrogens is 574 g/mol. The summed E-state index contributed by atoms with van der Waals surface area (Å²) in [5.74, 6) is -0.560. The number of phenolic OH excluding ortho intramolecular Hbond substituents is 1. The number of carbonyl (C=O) groups is 1. The molecule has 0 aliphatic carbocycles. The summed E-state index contributed by atoms with van der Waals surface area (Å²) >= 11 is 4.27. The molecular formula is C20H15I2O3S+. The summed E-state index contributed by atoms with van der Waals surface area (Å²) in [6.45, 7) is 0. The summed E-state index contributed by atoms with van der Waals surface area (Å²) in [5, 5.41) is 10.6. The van der Waals surface area contributed by atoms with E-state index in [4.69, 9.17) is 4.74 Å².